The molecule has 0 aromatic carbocycles. The van der Waals surface area contributed by atoms with Crippen molar-refractivity contribution >= 4 is 5.97 Å². The average molecular weight is 275 g/mol. The molecule has 1 N–H and O–H groups in total. The van der Waals surface area contributed by atoms with Crippen molar-refractivity contribution in [2.75, 3.05) is 0 Å². The van der Waals surface area contributed by atoms with Crippen LogP contribution < -0.4 is 0 Å². The molecule has 0 aliphatic rings. The van der Waals surface area contributed by atoms with Gasteiger partial charge < -0.3 is 5.11 Å². The number of carboxylic acids is 1. The Hall–Kier alpha value is -2.31. The second kappa shape index (κ2) is 6.23. The highest BCUT2D eigenvalue weighted by molar-refractivity contribution is 5.70. The lowest BCUT2D eigenvalue weighted by Gasteiger charge is -2.05. The van der Waals surface area contributed by atoms with Crippen LogP contribution >= 0.6 is 0 Å². The molecule has 7 nitrogen and oxygen atoms in total. The summed E-state index contributed by atoms with van der Waals surface area (Å²) in [6.45, 7) is 4.21. The van der Waals surface area contributed by atoms with Gasteiger partial charge in [0.05, 0.1) is 18.2 Å². The van der Waals surface area contributed by atoms with Gasteiger partial charge >= 0.3 is 5.97 Å². The summed E-state index contributed by atoms with van der Waals surface area (Å²) in [4.78, 5) is 19.2. The van der Waals surface area contributed by atoms with Gasteiger partial charge in [0.15, 0.2) is 0 Å². The highest BCUT2D eigenvalue weighted by Gasteiger charge is 2.17. The molecule has 2 aromatic rings. The molecule has 0 spiro atoms. The minimum absolute atomic E-state index is 0.399. The van der Waals surface area contributed by atoms with E-state index in [9.17, 15) is 4.79 Å². The van der Waals surface area contributed by atoms with Gasteiger partial charge in [-0.3, -0.25) is 4.79 Å². The summed E-state index contributed by atoms with van der Waals surface area (Å²) in [5.74, 6) is -0.489. The van der Waals surface area contributed by atoms with Gasteiger partial charge in [-0.05, 0) is 13.3 Å². The third-order valence-corrected chi connectivity index (χ3v) is 3.06. The maximum Gasteiger partial charge on any atom is 0.306 e. The van der Waals surface area contributed by atoms with Crippen LogP contribution in [0.25, 0.3) is 0 Å². The number of carbonyl (C=O) groups is 1. The summed E-state index contributed by atoms with van der Waals surface area (Å²) in [6, 6.07) is 0. The summed E-state index contributed by atoms with van der Waals surface area (Å²) in [6.07, 6.45) is 6.24. The van der Waals surface area contributed by atoms with E-state index >= 15 is 0 Å². The van der Waals surface area contributed by atoms with Crippen LogP contribution in [-0.2, 0) is 17.8 Å². The van der Waals surface area contributed by atoms with Gasteiger partial charge in [0.25, 0.3) is 0 Å². The van der Waals surface area contributed by atoms with E-state index in [-0.39, 0.29) is 0 Å². The van der Waals surface area contributed by atoms with Crippen LogP contribution in [-0.4, -0.2) is 36.0 Å². The van der Waals surface area contributed by atoms with E-state index in [1.165, 1.54) is 0 Å². The van der Waals surface area contributed by atoms with Crippen molar-refractivity contribution in [3.8, 4) is 0 Å². The molecule has 2 heterocycles. The first kappa shape index (κ1) is 14.1. The van der Waals surface area contributed by atoms with Gasteiger partial charge in [-0.25, -0.2) is 14.6 Å². The van der Waals surface area contributed by atoms with E-state index < -0.39 is 11.9 Å². The summed E-state index contributed by atoms with van der Waals surface area (Å²) in [5.41, 5.74) is 1.62. The molecular weight excluding hydrogens is 258 g/mol. The quantitative estimate of drug-likeness (QED) is 0.847. The zero-order valence-corrected chi connectivity index (χ0v) is 11.5. The van der Waals surface area contributed by atoms with Crippen LogP contribution in [0.3, 0.4) is 0 Å². The number of nitrogens with zero attached hydrogens (tertiary/aromatic N) is 5. The molecule has 0 saturated carbocycles. The molecule has 7 heteroatoms. The molecule has 0 fully saturated rings. The van der Waals surface area contributed by atoms with E-state index in [0.29, 0.717) is 25.1 Å². The molecule has 0 aliphatic heterocycles. The first-order chi connectivity index (χ1) is 9.58. The molecule has 1 atom stereocenters. The fourth-order valence-corrected chi connectivity index (χ4v) is 1.86. The van der Waals surface area contributed by atoms with E-state index in [1.54, 1.807) is 23.3 Å². The number of hydrogen-bond acceptors (Lipinski definition) is 5. The third kappa shape index (κ3) is 3.59. The van der Waals surface area contributed by atoms with Crippen LogP contribution in [0.5, 0.6) is 0 Å². The zero-order chi connectivity index (χ0) is 14.5. The summed E-state index contributed by atoms with van der Waals surface area (Å²) in [5, 5.41) is 17.0. The van der Waals surface area contributed by atoms with E-state index in [0.717, 1.165) is 11.4 Å². The Kier molecular flexibility index (Phi) is 4.39. The number of aromatic nitrogens is 5. The zero-order valence-electron chi connectivity index (χ0n) is 11.5. The fourth-order valence-electron chi connectivity index (χ4n) is 1.86. The lowest BCUT2D eigenvalue weighted by molar-refractivity contribution is -0.141. The Morgan fingerprint density at radius 2 is 2.10 bits per heavy atom. The Balaban J connectivity index is 2.01. The van der Waals surface area contributed by atoms with Crippen molar-refractivity contribution in [1.82, 2.24) is 25.0 Å². The monoisotopic (exact) mass is 275 g/mol. The Bertz CT molecular complexity index is 579. The summed E-state index contributed by atoms with van der Waals surface area (Å²) < 4.78 is 1.66. The molecule has 2 aromatic heterocycles. The lowest BCUT2D eigenvalue weighted by Crippen LogP contribution is -2.15. The van der Waals surface area contributed by atoms with Crippen molar-refractivity contribution in [3.63, 3.8) is 0 Å². The fraction of sp³-hybridized carbons (Fsp3) is 0.462. The van der Waals surface area contributed by atoms with Crippen molar-refractivity contribution in [2.24, 2.45) is 5.92 Å². The Morgan fingerprint density at radius 3 is 2.70 bits per heavy atom. The maximum atomic E-state index is 11.0. The van der Waals surface area contributed by atoms with Crippen LogP contribution in [0.15, 0.2) is 18.6 Å². The number of hydrogen-bond donors (Lipinski definition) is 1. The smallest absolute Gasteiger partial charge is 0.306 e. The summed E-state index contributed by atoms with van der Waals surface area (Å²) >= 11 is 0. The molecule has 0 amide bonds. The standard InChI is InChI=1S/C13H17N5O2/c1-3-11(13(19)20)4-12-8-18(17-16-12)7-10-5-14-9(2)15-6-10/h5-6,8,11H,3-4,7H2,1-2H3,(H,19,20). The second-order valence-corrected chi connectivity index (χ2v) is 4.69. The minimum Gasteiger partial charge on any atom is -0.481 e. The predicted molar refractivity (Wildman–Crippen MR) is 71.0 cm³/mol. The first-order valence-electron chi connectivity index (χ1n) is 6.47. The van der Waals surface area contributed by atoms with Gasteiger partial charge in [0, 0.05) is 30.6 Å². The Morgan fingerprint density at radius 1 is 1.40 bits per heavy atom. The number of carboxylic acid groups (broad SMARTS) is 1. The van der Waals surface area contributed by atoms with Crippen molar-refractivity contribution in [2.45, 2.75) is 33.2 Å². The molecule has 0 saturated heterocycles. The van der Waals surface area contributed by atoms with Gasteiger partial charge in [-0.15, -0.1) is 5.10 Å². The van der Waals surface area contributed by atoms with Crippen LogP contribution in [0.1, 0.15) is 30.4 Å². The first-order valence-corrected chi connectivity index (χ1v) is 6.47. The highest BCUT2D eigenvalue weighted by Crippen LogP contribution is 2.10. The van der Waals surface area contributed by atoms with Crippen molar-refractivity contribution in [1.29, 1.82) is 0 Å². The van der Waals surface area contributed by atoms with E-state index in [1.807, 2.05) is 13.8 Å². The summed E-state index contributed by atoms with van der Waals surface area (Å²) in [7, 11) is 0. The van der Waals surface area contributed by atoms with Gasteiger partial charge in [-0.1, -0.05) is 12.1 Å². The average Bonchev–Trinajstić information content (AvgIpc) is 2.86. The molecule has 106 valence electrons. The molecule has 0 aliphatic carbocycles. The topological polar surface area (TPSA) is 93.8 Å². The van der Waals surface area contributed by atoms with Gasteiger partial charge in [0.1, 0.15) is 5.82 Å². The Labute approximate surface area is 116 Å². The van der Waals surface area contributed by atoms with Crippen molar-refractivity contribution in [3.05, 3.63) is 35.7 Å². The van der Waals surface area contributed by atoms with Gasteiger partial charge in [-0.2, -0.15) is 0 Å². The molecule has 2 rings (SSSR count). The normalized spacial score (nSPS) is 12.3. The number of aliphatic carboxylic acids is 1. The molecular formula is C13H17N5O2. The highest BCUT2D eigenvalue weighted by atomic mass is 16.4. The van der Waals surface area contributed by atoms with Gasteiger partial charge in [0.2, 0.25) is 0 Å². The maximum absolute atomic E-state index is 11.0. The predicted octanol–water partition coefficient (Wildman–Crippen LogP) is 1.08. The lowest BCUT2D eigenvalue weighted by atomic mass is 10.0. The number of rotatable bonds is 6. The van der Waals surface area contributed by atoms with E-state index in [2.05, 4.69) is 20.3 Å². The molecule has 0 radical (unpaired) electrons. The van der Waals surface area contributed by atoms with Crippen molar-refractivity contribution < 1.29 is 9.90 Å². The molecule has 20 heavy (non-hydrogen) atoms. The molecule has 1 unspecified atom stereocenters. The van der Waals surface area contributed by atoms with E-state index in [4.69, 9.17) is 5.11 Å². The number of aryl methyl sites for hydroxylation is 1. The second-order valence-electron chi connectivity index (χ2n) is 4.69. The molecule has 0 bridgehead atoms. The van der Waals surface area contributed by atoms with Crippen LogP contribution in [0.2, 0.25) is 0 Å². The largest absolute Gasteiger partial charge is 0.481 e. The third-order valence-electron chi connectivity index (χ3n) is 3.06. The van der Waals surface area contributed by atoms with Crippen LogP contribution in [0.4, 0.5) is 0 Å². The SMILES string of the molecule is CCC(Cc1cn(Cc2cnc(C)nc2)nn1)C(=O)O. The minimum atomic E-state index is -0.797. The van der Waals surface area contributed by atoms with Crippen LogP contribution in [0, 0.1) is 12.8 Å².